The molecule has 0 bridgehead atoms. The van der Waals surface area contributed by atoms with Gasteiger partial charge < -0.3 is 4.57 Å². The van der Waals surface area contributed by atoms with Crippen molar-refractivity contribution in [3.63, 3.8) is 0 Å². The van der Waals surface area contributed by atoms with Gasteiger partial charge in [-0.05, 0) is 105 Å². The maximum absolute atomic E-state index is 5.09. The number of para-hydroxylation sites is 4. The van der Waals surface area contributed by atoms with Gasteiger partial charge in [0.2, 0.25) is 0 Å². The quantitative estimate of drug-likeness (QED) is 0.189. The van der Waals surface area contributed by atoms with Crippen LogP contribution in [0.1, 0.15) is 0 Å². The van der Waals surface area contributed by atoms with Crippen molar-refractivity contribution in [1.82, 2.24) is 14.1 Å². The Balaban J connectivity index is 1.09. The van der Waals surface area contributed by atoms with Crippen LogP contribution in [0.2, 0.25) is 0 Å². The molecule has 232 valence electrons. The van der Waals surface area contributed by atoms with Crippen LogP contribution in [0.5, 0.6) is 0 Å². The molecule has 1 aliphatic carbocycles. The molecule has 0 atom stereocenters. The summed E-state index contributed by atoms with van der Waals surface area (Å²) in [6.45, 7) is 0. The number of hydrogen-bond donors (Lipinski definition) is 0. The summed E-state index contributed by atoms with van der Waals surface area (Å²) in [5.74, 6) is 0.940. The van der Waals surface area contributed by atoms with Crippen molar-refractivity contribution >= 4 is 43.6 Å². The van der Waals surface area contributed by atoms with Gasteiger partial charge in [-0.1, -0.05) is 115 Å². The van der Waals surface area contributed by atoms with E-state index in [-0.39, 0.29) is 0 Å². The van der Waals surface area contributed by atoms with E-state index in [0.717, 1.165) is 28.1 Å². The SMILES string of the molecule is c1ccc(-n2c(-c3ccc(-c4ccc5c(c4)c4cc6c(cc4n5-c4ccccc4)-c4cccc5cccc-6c45)cc3)nc3ccccc32)cc1. The molecule has 0 amide bonds. The number of nitrogens with zero attached hydrogens (tertiary/aromatic N) is 3. The third kappa shape index (κ3) is 3.89. The van der Waals surface area contributed by atoms with Gasteiger partial charge >= 0.3 is 0 Å². The monoisotopic (exact) mass is 635 g/mol. The Labute approximate surface area is 288 Å². The van der Waals surface area contributed by atoms with Crippen LogP contribution in [0.3, 0.4) is 0 Å². The van der Waals surface area contributed by atoms with Gasteiger partial charge in [-0.2, -0.15) is 0 Å². The third-order valence-electron chi connectivity index (χ3n) is 10.5. The molecule has 0 spiro atoms. The second-order valence-corrected chi connectivity index (χ2v) is 13.2. The van der Waals surface area contributed by atoms with Crippen LogP contribution in [-0.4, -0.2) is 14.1 Å². The highest BCUT2D eigenvalue weighted by molar-refractivity contribution is 6.20. The minimum Gasteiger partial charge on any atom is -0.309 e. The Hall–Kier alpha value is -6.71. The van der Waals surface area contributed by atoms with Crippen LogP contribution < -0.4 is 0 Å². The van der Waals surface area contributed by atoms with Crippen LogP contribution in [0, 0.1) is 0 Å². The maximum Gasteiger partial charge on any atom is 0.145 e. The highest BCUT2D eigenvalue weighted by Gasteiger charge is 2.24. The Morgan fingerprint density at radius 1 is 0.360 bits per heavy atom. The van der Waals surface area contributed by atoms with Crippen LogP contribution >= 0.6 is 0 Å². The molecule has 0 radical (unpaired) electrons. The summed E-state index contributed by atoms with van der Waals surface area (Å²) < 4.78 is 4.68. The zero-order chi connectivity index (χ0) is 32.8. The minimum atomic E-state index is 0.940. The second kappa shape index (κ2) is 10.4. The van der Waals surface area contributed by atoms with Crippen molar-refractivity contribution < 1.29 is 0 Å². The van der Waals surface area contributed by atoms with Gasteiger partial charge in [0.25, 0.3) is 0 Å². The molecule has 2 aromatic heterocycles. The fourth-order valence-electron chi connectivity index (χ4n) is 8.21. The molecular weight excluding hydrogens is 607 g/mol. The molecule has 1 aliphatic rings. The first-order chi connectivity index (χ1) is 24.8. The van der Waals surface area contributed by atoms with Crippen molar-refractivity contribution in [2.24, 2.45) is 0 Å². The molecule has 3 heteroatoms. The summed E-state index contributed by atoms with van der Waals surface area (Å²) in [6, 6.07) is 63.6. The topological polar surface area (TPSA) is 22.8 Å². The number of fused-ring (bicyclic) bond motifs is 7. The second-order valence-electron chi connectivity index (χ2n) is 13.2. The molecule has 3 nitrogen and oxygen atoms in total. The van der Waals surface area contributed by atoms with Gasteiger partial charge in [-0.25, -0.2) is 4.98 Å². The summed E-state index contributed by atoms with van der Waals surface area (Å²) in [5.41, 5.74) is 15.5. The van der Waals surface area contributed by atoms with Gasteiger partial charge in [0.05, 0.1) is 22.1 Å². The first kappa shape index (κ1) is 27.3. The summed E-state index contributed by atoms with van der Waals surface area (Å²) in [5, 5.41) is 5.17. The summed E-state index contributed by atoms with van der Waals surface area (Å²) >= 11 is 0. The fraction of sp³-hybridized carbons (Fsp3) is 0. The zero-order valence-corrected chi connectivity index (χ0v) is 27.1. The summed E-state index contributed by atoms with van der Waals surface area (Å²) in [6.07, 6.45) is 0. The number of rotatable bonds is 4. The van der Waals surface area contributed by atoms with Crippen molar-refractivity contribution in [2.75, 3.05) is 0 Å². The van der Waals surface area contributed by atoms with E-state index in [4.69, 9.17) is 4.98 Å². The lowest BCUT2D eigenvalue weighted by atomic mass is 9.98. The Morgan fingerprint density at radius 2 is 0.960 bits per heavy atom. The number of benzene rings is 8. The first-order valence-corrected chi connectivity index (χ1v) is 17.1. The van der Waals surface area contributed by atoms with Crippen molar-refractivity contribution in [3.8, 4) is 56.1 Å². The molecular formula is C47H29N3. The van der Waals surface area contributed by atoms with Crippen LogP contribution in [-0.2, 0) is 0 Å². The lowest BCUT2D eigenvalue weighted by molar-refractivity contribution is 1.10. The van der Waals surface area contributed by atoms with Gasteiger partial charge in [-0.15, -0.1) is 0 Å². The maximum atomic E-state index is 5.09. The molecule has 0 saturated heterocycles. The van der Waals surface area contributed by atoms with E-state index in [9.17, 15) is 0 Å². The number of aromatic nitrogens is 3. The van der Waals surface area contributed by atoms with Crippen molar-refractivity contribution in [1.29, 1.82) is 0 Å². The standard InChI is InChI=1S/C47H29N3/c1-3-13-34(14-4-1)49-43-26-25-33(27-40(43)41-28-38-36-17-9-11-31-12-10-18-37(46(31)36)39(38)29-45(41)49)30-21-23-32(24-22-30)47-48-42-19-7-8-20-44(42)50(47)35-15-5-2-6-16-35/h1-29H. The van der Waals surface area contributed by atoms with Crippen molar-refractivity contribution in [2.45, 2.75) is 0 Å². The third-order valence-corrected chi connectivity index (χ3v) is 10.5. The number of imidazole rings is 1. The summed E-state index contributed by atoms with van der Waals surface area (Å²) in [7, 11) is 0. The molecule has 0 N–H and O–H groups in total. The first-order valence-electron chi connectivity index (χ1n) is 17.1. The zero-order valence-electron chi connectivity index (χ0n) is 27.1. The normalized spacial score (nSPS) is 12.0. The van der Waals surface area contributed by atoms with E-state index < -0.39 is 0 Å². The molecule has 0 aliphatic heterocycles. The smallest absolute Gasteiger partial charge is 0.145 e. The summed E-state index contributed by atoms with van der Waals surface area (Å²) in [4.78, 5) is 5.09. The molecule has 0 saturated carbocycles. The van der Waals surface area contributed by atoms with Crippen molar-refractivity contribution in [3.05, 3.63) is 176 Å². The molecule has 11 rings (SSSR count). The Morgan fingerprint density at radius 3 is 1.70 bits per heavy atom. The molecule has 8 aromatic carbocycles. The van der Waals surface area contributed by atoms with E-state index in [2.05, 4.69) is 185 Å². The molecule has 0 unspecified atom stereocenters. The Kier molecular flexibility index (Phi) is 5.67. The van der Waals surface area contributed by atoms with Crippen LogP contribution in [0.25, 0.3) is 99.8 Å². The highest BCUT2D eigenvalue weighted by Crippen LogP contribution is 2.50. The average Bonchev–Trinajstić information content (AvgIpc) is 3.83. The predicted octanol–water partition coefficient (Wildman–Crippen LogP) is 12.3. The average molecular weight is 636 g/mol. The molecule has 0 fully saturated rings. The predicted molar refractivity (Wildman–Crippen MR) is 208 cm³/mol. The van der Waals surface area contributed by atoms with E-state index in [1.807, 2.05) is 0 Å². The lowest BCUT2D eigenvalue weighted by Gasteiger charge is -2.11. The highest BCUT2D eigenvalue weighted by atomic mass is 15.1. The fourth-order valence-corrected chi connectivity index (χ4v) is 8.21. The van der Waals surface area contributed by atoms with E-state index in [0.29, 0.717) is 0 Å². The molecule has 50 heavy (non-hydrogen) atoms. The molecule has 2 heterocycles. The lowest BCUT2D eigenvalue weighted by Crippen LogP contribution is -1.97. The van der Waals surface area contributed by atoms with Gasteiger partial charge in [0.15, 0.2) is 0 Å². The minimum absolute atomic E-state index is 0.940. The Bertz CT molecular complexity index is 2940. The van der Waals surface area contributed by atoms with Gasteiger partial charge in [0, 0.05) is 27.7 Å². The number of hydrogen-bond acceptors (Lipinski definition) is 1. The van der Waals surface area contributed by atoms with Gasteiger partial charge in [0.1, 0.15) is 5.82 Å². The van der Waals surface area contributed by atoms with Gasteiger partial charge in [-0.3, -0.25) is 4.57 Å². The van der Waals surface area contributed by atoms with Crippen LogP contribution in [0.15, 0.2) is 176 Å². The largest absolute Gasteiger partial charge is 0.309 e. The van der Waals surface area contributed by atoms with E-state index in [1.54, 1.807) is 0 Å². The van der Waals surface area contributed by atoms with E-state index in [1.165, 1.54) is 71.6 Å². The van der Waals surface area contributed by atoms with Crippen LogP contribution in [0.4, 0.5) is 0 Å². The molecule has 10 aromatic rings. The van der Waals surface area contributed by atoms with E-state index >= 15 is 0 Å².